The predicted octanol–water partition coefficient (Wildman–Crippen LogP) is 3.08. The molecule has 0 saturated carbocycles. The van der Waals surface area contributed by atoms with E-state index in [4.69, 9.17) is 4.74 Å². The first kappa shape index (κ1) is 18.5. The van der Waals surface area contributed by atoms with Gasteiger partial charge in [-0.25, -0.2) is 14.3 Å². The van der Waals surface area contributed by atoms with Crippen LogP contribution in [0.15, 0.2) is 48.5 Å². The second kappa shape index (κ2) is 7.31. The summed E-state index contributed by atoms with van der Waals surface area (Å²) in [6.45, 7) is 5.17. The number of rotatable bonds is 4. The molecule has 4 aromatic rings. The number of carbonyl (C=O) groups is 2. The van der Waals surface area contributed by atoms with Crippen LogP contribution in [0, 0.1) is 13.8 Å². The molecule has 0 spiro atoms. The highest BCUT2D eigenvalue weighted by Gasteiger charge is 2.23. The Morgan fingerprint density at radius 2 is 1.79 bits per heavy atom. The van der Waals surface area contributed by atoms with Gasteiger partial charge in [-0.1, -0.05) is 30.3 Å². The third-order valence-corrected chi connectivity index (χ3v) is 4.47. The van der Waals surface area contributed by atoms with Crippen LogP contribution in [-0.4, -0.2) is 37.6 Å². The second-order valence-corrected chi connectivity index (χ2v) is 6.78. The molecular weight excluding hydrogens is 370 g/mol. The van der Waals surface area contributed by atoms with Gasteiger partial charge < -0.3 is 10.1 Å². The van der Waals surface area contributed by atoms with Gasteiger partial charge in [-0.15, -0.1) is 5.10 Å². The van der Waals surface area contributed by atoms with Gasteiger partial charge in [-0.3, -0.25) is 4.79 Å². The van der Waals surface area contributed by atoms with Gasteiger partial charge in [0.1, 0.15) is 0 Å². The van der Waals surface area contributed by atoms with Crippen LogP contribution in [0.25, 0.3) is 16.6 Å². The lowest BCUT2D eigenvalue weighted by atomic mass is 10.1. The minimum absolute atomic E-state index is 0.142. The fourth-order valence-corrected chi connectivity index (χ4v) is 3.03. The van der Waals surface area contributed by atoms with Crippen molar-refractivity contribution in [3.63, 3.8) is 0 Å². The number of carbonyl (C=O) groups excluding carboxylic acids is 2. The highest BCUT2D eigenvalue weighted by atomic mass is 16.5. The van der Waals surface area contributed by atoms with Gasteiger partial charge in [-0.2, -0.15) is 4.98 Å². The van der Waals surface area contributed by atoms with Gasteiger partial charge in [-0.05, 0) is 49.7 Å². The molecule has 146 valence electrons. The predicted molar refractivity (Wildman–Crippen MR) is 108 cm³/mol. The molecule has 0 aliphatic heterocycles. The lowest BCUT2D eigenvalue weighted by Crippen LogP contribution is -2.30. The van der Waals surface area contributed by atoms with Crippen molar-refractivity contribution in [3.05, 3.63) is 65.7 Å². The van der Waals surface area contributed by atoms with Crippen LogP contribution in [0.5, 0.6) is 0 Å². The molecule has 2 aromatic heterocycles. The van der Waals surface area contributed by atoms with Crippen LogP contribution in [0.3, 0.4) is 0 Å². The zero-order valence-electron chi connectivity index (χ0n) is 16.2. The Morgan fingerprint density at radius 3 is 2.59 bits per heavy atom. The first-order valence-electron chi connectivity index (χ1n) is 9.12. The second-order valence-electron chi connectivity index (χ2n) is 6.78. The summed E-state index contributed by atoms with van der Waals surface area (Å²) in [6.07, 6.45) is -1.02. The van der Waals surface area contributed by atoms with Crippen molar-refractivity contribution in [1.29, 1.82) is 0 Å². The fourth-order valence-electron chi connectivity index (χ4n) is 3.03. The zero-order valence-corrected chi connectivity index (χ0v) is 16.2. The molecule has 8 nitrogen and oxygen atoms in total. The van der Waals surface area contributed by atoms with Crippen molar-refractivity contribution in [2.24, 2.45) is 0 Å². The molecule has 29 heavy (non-hydrogen) atoms. The normalized spacial score (nSPS) is 12.1. The highest BCUT2D eigenvalue weighted by molar-refractivity contribution is 5.98. The lowest BCUT2D eigenvalue weighted by Gasteiger charge is -2.13. The van der Waals surface area contributed by atoms with Crippen molar-refractivity contribution in [3.8, 4) is 0 Å². The molecule has 1 amide bonds. The maximum absolute atomic E-state index is 12.4. The van der Waals surface area contributed by atoms with Gasteiger partial charge in [0.05, 0.1) is 0 Å². The number of hydrogen-bond acceptors (Lipinski definition) is 6. The average molecular weight is 389 g/mol. The molecule has 0 unspecified atom stereocenters. The van der Waals surface area contributed by atoms with E-state index in [0.29, 0.717) is 11.5 Å². The van der Waals surface area contributed by atoms with Gasteiger partial charge in [0.15, 0.2) is 6.10 Å². The maximum atomic E-state index is 12.4. The van der Waals surface area contributed by atoms with E-state index in [1.165, 1.54) is 11.4 Å². The van der Waals surface area contributed by atoms with E-state index in [1.807, 2.05) is 56.3 Å². The number of benzene rings is 2. The molecule has 8 heteroatoms. The fraction of sp³-hybridized carbons (Fsp3) is 0.190. The smallest absolute Gasteiger partial charge is 0.379 e. The summed E-state index contributed by atoms with van der Waals surface area (Å²) in [4.78, 5) is 33.2. The van der Waals surface area contributed by atoms with Gasteiger partial charge in [0.2, 0.25) is 0 Å². The Kier molecular flexibility index (Phi) is 4.67. The Labute approximate surface area is 166 Å². The number of anilines is 1. The van der Waals surface area contributed by atoms with E-state index in [1.54, 1.807) is 6.07 Å². The topological polar surface area (TPSA) is 98.5 Å². The summed E-state index contributed by atoms with van der Waals surface area (Å²) in [5.74, 6) is -1.06. The van der Waals surface area contributed by atoms with Crippen molar-refractivity contribution in [2.45, 2.75) is 26.9 Å². The van der Waals surface area contributed by atoms with Crippen LogP contribution in [0.1, 0.15) is 28.9 Å². The molecule has 1 atom stereocenters. The minimum atomic E-state index is -1.02. The van der Waals surface area contributed by atoms with Crippen LogP contribution in [-0.2, 0) is 9.53 Å². The molecule has 0 radical (unpaired) electrons. The largest absolute Gasteiger partial charge is 0.447 e. The Balaban J connectivity index is 1.46. The number of aromatic nitrogens is 4. The average Bonchev–Trinajstić information content (AvgIpc) is 3.12. The molecule has 4 rings (SSSR count). The Bertz CT molecular complexity index is 1250. The van der Waals surface area contributed by atoms with Crippen LogP contribution in [0.4, 0.5) is 5.69 Å². The van der Waals surface area contributed by atoms with E-state index in [2.05, 4.69) is 20.4 Å². The quantitative estimate of drug-likeness (QED) is 0.539. The van der Waals surface area contributed by atoms with Gasteiger partial charge >= 0.3 is 5.97 Å². The number of aryl methyl sites for hydroxylation is 2. The summed E-state index contributed by atoms with van der Waals surface area (Å²) >= 11 is 0. The number of esters is 1. The van der Waals surface area contributed by atoms with E-state index < -0.39 is 18.0 Å². The van der Waals surface area contributed by atoms with E-state index >= 15 is 0 Å². The maximum Gasteiger partial charge on any atom is 0.379 e. The molecule has 0 aliphatic carbocycles. The zero-order chi connectivity index (χ0) is 20.5. The first-order chi connectivity index (χ1) is 13.9. The monoisotopic (exact) mass is 389 g/mol. The number of ether oxygens (including phenoxy) is 1. The highest BCUT2D eigenvalue weighted by Crippen LogP contribution is 2.19. The van der Waals surface area contributed by atoms with Crippen molar-refractivity contribution < 1.29 is 14.3 Å². The van der Waals surface area contributed by atoms with Crippen LogP contribution in [0.2, 0.25) is 0 Å². The number of nitrogens with zero attached hydrogens (tertiary/aromatic N) is 4. The van der Waals surface area contributed by atoms with Gasteiger partial charge in [0.25, 0.3) is 17.5 Å². The molecule has 0 bridgehead atoms. The summed E-state index contributed by atoms with van der Waals surface area (Å²) in [5, 5.41) is 8.95. The Morgan fingerprint density at radius 1 is 1.03 bits per heavy atom. The third-order valence-electron chi connectivity index (χ3n) is 4.47. The number of hydrogen-bond donors (Lipinski definition) is 1. The standard InChI is InChI=1S/C21H19N5O3/c1-12-10-13(2)26-21(22-12)24-18(25-26)20(28)29-14(3)19(27)23-17-9-8-15-6-4-5-7-16(15)11-17/h4-11,14H,1-3H3,(H,23,27)/t14-/m0/s1. The minimum Gasteiger partial charge on any atom is -0.447 e. The molecule has 0 aliphatic rings. The first-order valence-corrected chi connectivity index (χ1v) is 9.12. The molecule has 2 aromatic carbocycles. The van der Waals surface area contributed by atoms with E-state index in [-0.39, 0.29) is 5.82 Å². The molecule has 0 fully saturated rings. The molecule has 1 N–H and O–H groups in total. The van der Waals surface area contributed by atoms with Crippen molar-refractivity contribution >= 4 is 34.1 Å². The molecule has 0 saturated heterocycles. The summed E-state index contributed by atoms with van der Waals surface area (Å²) in [7, 11) is 0. The molecule has 2 heterocycles. The van der Waals surface area contributed by atoms with E-state index in [9.17, 15) is 9.59 Å². The van der Waals surface area contributed by atoms with Crippen molar-refractivity contribution in [2.75, 3.05) is 5.32 Å². The number of nitrogens with one attached hydrogen (secondary N) is 1. The Hall–Kier alpha value is -3.81. The van der Waals surface area contributed by atoms with Gasteiger partial charge in [0, 0.05) is 17.1 Å². The number of fused-ring (bicyclic) bond motifs is 2. The van der Waals surface area contributed by atoms with Crippen molar-refractivity contribution in [1.82, 2.24) is 19.6 Å². The lowest BCUT2D eigenvalue weighted by molar-refractivity contribution is -0.123. The number of amides is 1. The summed E-state index contributed by atoms with van der Waals surface area (Å²) in [6, 6.07) is 15.2. The molecular formula is C21H19N5O3. The summed E-state index contributed by atoms with van der Waals surface area (Å²) < 4.78 is 6.70. The SMILES string of the molecule is Cc1cc(C)n2nc(C(=O)O[C@@H](C)C(=O)Nc3ccc4ccccc4c3)nc2n1. The summed E-state index contributed by atoms with van der Waals surface area (Å²) in [5.41, 5.74) is 2.18. The third kappa shape index (κ3) is 3.77. The van der Waals surface area contributed by atoms with E-state index in [0.717, 1.165) is 22.2 Å². The van der Waals surface area contributed by atoms with Crippen LogP contribution < -0.4 is 5.32 Å². The van der Waals surface area contributed by atoms with Crippen LogP contribution >= 0.6 is 0 Å².